The second-order valence-corrected chi connectivity index (χ2v) is 6.24. The van der Waals surface area contributed by atoms with Crippen molar-refractivity contribution in [3.05, 3.63) is 40.6 Å². The van der Waals surface area contributed by atoms with Gasteiger partial charge in [-0.1, -0.05) is 36.1 Å². The molecule has 0 aromatic heterocycles. The maximum atomic E-state index is 12.9. The molecule has 0 atom stereocenters. The Morgan fingerprint density at radius 2 is 2.09 bits per heavy atom. The molecular formula is C15H14FNO3S2. The van der Waals surface area contributed by atoms with E-state index >= 15 is 0 Å². The number of nitrogens with zero attached hydrogens (tertiary/aromatic N) is 1. The van der Waals surface area contributed by atoms with Crippen molar-refractivity contribution in [2.24, 2.45) is 0 Å². The molecule has 0 saturated carbocycles. The number of halogens is 1. The second kappa shape index (κ2) is 7.51. The van der Waals surface area contributed by atoms with Crippen LogP contribution in [0, 0.1) is 5.82 Å². The summed E-state index contributed by atoms with van der Waals surface area (Å²) in [4.78, 5) is 25.3. The first-order valence-corrected chi connectivity index (χ1v) is 7.81. The Labute approximate surface area is 137 Å². The van der Waals surface area contributed by atoms with Crippen molar-refractivity contribution in [1.82, 2.24) is 4.90 Å². The minimum Gasteiger partial charge on any atom is -0.469 e. The van der Waals surface area contributed by atoms with Gasteiger partial charge < -0.3 is 4.74 Å². The minimum absolute atomic E-state index is 0.191. The van der Waals surface area contributed by atoms with Crippen LogP contribution in [0.5, 0.6) is 0 Å². The summed E-state index contributed by atoms with van der Waals surface area (Å²) in [6, 6.07) is 5.87. The molecule has 1 saturated heterocycles. The number of esters is 1. The van der Waals surface area contributed by atoms with Crippen LogP contribution in [0.15, 0.2) is 29.2 Å². The minimum atomic E-state index is -0.326. The lowest BCUT2D eigenvalue weighted by Gasteiger charge is -2.13. The number of ether oxygens (including phenoxy) is 1. The maximum Gasteiger partial charge on any atom is 0.305 e. The molecule has 7 heteroatoms. The van der Waals surface area contributed by atoms with Gasteiger partial charge in [0.2, 0.25) is 0 Å². The Balaban J connectivity index is 2.02. The van der Waals surface area contributed by atoms with Gasteiger partial charge in [0, 0.05) is 13.0 Å². The molecule has 4 nitrogen and oxygen atoms in total. The van der Waals surface area contributed by atoms with Crippen LogP contribution in [-0.2, 0) is 14.3 Å². The van der Waals surface area contributed by atoms with Crippen LogP contribution < -0.4 is 0 Å². The summed E-state index contributed by atoms with van der Waals surface area (Å²) in [5, 5.41) is 0. The number of rotatable bonds is 5. The largest absolute Gasteiger partial charge is 0.469 e. The third kappa shape index (κ3) is 4.14. The number of amides is 1. The number of hydrogen-bond donors (Lipinski definition) is 0. The van der Waals surface area contributed by atoms with Crippen molar-refractivity contribution >= 4 is 46.3 Å². The molecule has 0 radical (unpaired) electrons. The summed E-state index contributed by atoms with van der Waals surface area (Å²) in [5.74, 6) is -0.830. The lowest BCUT2D eigenvalue weighted by Crippen LogP contribution is -2.29. The first kappa shape index (κ1) is 16.6. The molecule has 0 bridgehead atoms. The molecule has 2 rings (SSSR count). The van der Waals surface area contributed by atoms with Gasteiger partial charge in [-0.05, 0) is 30.2 Å². The van der Waals surface area contributed by atoms with Crippen molar-refractivity contribution in [1.29, 1.82) is 0 Å². The molecule has 116 valence electrons. The SMILES string of the molecule is COC(=O)CCCN1C(=O)/C(=C/c2ccc(F)cc2)SC1=S. The number of benzene rings is 1. The summed E-state index contributed by atoms with van der Waals surface area (Å²) >= 11 is 6.39. The number of methoxy groups -OCH3 is 1. The van der Waals surface area contributed by atoms with Gasteiger partial charge in [-0.25, -0.2) is 4.39 Å². The molecule has 1 fully saturated rings. The molecule has 1 aromatic carbocycles. The average Bonchev–Trinajstić information content (AvgIpc) is 2.76. The number of thiocarbonyl (C=S) groups is 1. The molecule has 1 amide bonds. The van der Waals surface area contributed by atoms with Gasteiger partial charge in [0.25, 0.3) is 5.91 Å². The Kier molecular flexibility index (Phi) is 5.68. The van der Waals surface area contributed by atoms with Gasteiger partial charge in [0.05, 0.1) is 12.0 Å². The molecule has 22 heavy (non-hydrogen) atoms. The van der Waals surface area contributed by atoms with Crippen LogP contribution in [0.3, 0.4) is 0 Å². The quantitative estimate of drug-likeness (QED) is 0.469. The van der Waals surface area contributed by atoms with Gasteiger partial charge in [-0.15, -0.1) is 0 Å². The highest BCUT2D eigenvalue weighted by Crippen LogP contribution is 2.32. The lowest BCUT2D eigenvalue weighted by atomic mass is 10.2. The monoisotopic (exact) mass is 339 g/mol. The summed E-state index contributed by atoms with van der Waals surface area (Å²) < 4.78 is 17.9. The van der Waals surface area contributed by atoms with E-state index in [1.807, 2.05) is 0 Å². The standard InChI is InChI=1S/C15H14FNO3S2/c1-20-13(18)3-2-8-17-14(19)12(22-15(17)21)9-10-4-6-11(16)7-5-10/h4-7,9H,2-3,8H2,1H3/b12-9-. The molecule has 1 aliphatic rings. The van der Waals surface area contributed by atoms with E-state index in [4.69, 9.17) is 12.2 Å². The van der Waals surface area contributed by atoms with Crippen LogP contribution in [0.4, 0.5) is 4.39 Å². The first-order chi connectivity index (χ1) is 10.5. The van der Waals surface area contributed by atoms with Crippen LogP contribution in [0.25, 0.3) is 6.08 Å². The number of carbonyl (C=O) groups excluding carboxylic acids is 2. The van der Waals surface area contributed by atoms with Crippen LogP contribution >= 0.6 is 24.0 Å². The Bertz CT molecular complexity index is 628. The van der Waals surface area contributed by atoms with Crippen molar-refractivity contribution in [3.63, 3.8) is 0 Å². The van der Waals surface area contributed by atoms with E-state index in [1.54, 1.807) is 18.2 Å². The molecule has 0 N–H and O–H groups in total. The summed E-state index contributed by atoms with van der Waals surface area (Å²) in [6.45, 7) is 0.376. The van der Waals surface area contributed by atoms with E-state index in [1.165, 1.54) is 35.9 Å². The average molecular weight is 339 g/mol. The predicted molar refractivity (Wildman–Crippen MR) is 87.5 cm³/mol. The smallest absolute Gasteiger partial charge is 0.305 e. The van der Waals surface area contributed by atoms with E-state index in [2.05, 4.69) is 4.74 Å². The van der Waals surface area contributed by atoms with E-state index in [0.717, 1.165) is 5.56 Å². The molecular weight excluding hydrogens is 325 g/mol. The number of carbonyl (C=O) groups is 2. The Morgan fingerprint density at radius 3 is 2.73 bits per heavy atom. The maximum absolute atomic E-state index is 12.9. The van der Waals surface area contributed by atoms with E-state index in [0.29, 0.717) is 22.2 Å². The van der Waals surface area contributed by atoms with Gasteiger partial charge in [0.15, 0.2) is 0 Å². The van der Waals surface area contributed by atoms with Gasteiger partial charge >= 0.3 is 5.97 Å². The number of thioether (sulfide) groups is 1. The highest BCUT2D eigenvalue weighted by atomic mass is 32.2. The zero-order chi connectivity index (χ0) is 16.1. The van der Waals surface area contributed by atoms with Crippen molar-refractivity contribution < 1.29 is 18.7 Å². The van der Waals surface area contributed by atoms with Gasteiger partial charge in [-0.3, -0.25) is 14.5 Å². The van der Waals surface area contributed by atoms with Crippen molar-refractivity contribution in [2.75, 3.05) is 13.7 Å². The van der Waals surface area contributed by atoms with E-state index < -0.39 is 0 Å². The third-order valence-electron chi connectivity index (χ3n) is 3.03. The predicted octanol–water partition coefficient (Wildman–Crippen LogP) is 2.98. The van der Waals surface area contributed by atoms with Crippen molar-refractivity contribution in [3.8, 4) is 0 Å². The summed E-state index contributed by atoms with van der Waals surface area (Å²) in [6.07, 6.45) is 2.41. The highest BCUT2D eigenvalue weighted by molar-refractivity contribution is 8.26. The highest BCUT2D eigenvalue weighted by Gasteiger charge is 2.31. The van der Waals surface area contributed by atoms with Gasteiger partial charge in [-0.2, -0.15) is 0 Å². The molecule has 0 spiro atoms. The van der Waals surface area contributed by atoms with Crippen LogP contribution in [-0.4, -0.2) is 34.8 Å². The molecule has 0 aliphatic carbocycles. The summed E-state index contributed by atoms with van der Waals surface area (Å²) in [5.41, 5.74) is 0.733. The molecule has 1 aliphatic heterocycles. The van der Waals surface area contributed by atoms with E-state index in [-0.39, 0.29) is 24.1 Å². The fraction of sp³-hybridized carbons (Fsp3) is 0.267. The lowest BCUT2D eigenvalue weighted by molar-refractivity contribution is -0.141. The molecule has 1 aromatic rings. The zero-order valence-electron chi connectivity index (χ0n) is 11.9. The first-order valence-electron chi connectivity index (χ1n) is 6.59. The van der Waals surface area contributed by atoms with Crippen LogP contribution in [0.1, 0.15) is 18.4 Å². The third-order valence-corrected chi connectivity index (χ3v) is 4.41. The fourth-order valence-corrected chi connectivity index (χ4v) is 3.20. The Morgan fingerprint density at radius 1 is 1.41 bits per heavy atom. The Hall–Kier alpha value is -1.73. The molecule has 1 heterocycles. The number of hydrogen-bond acceptors (Lipinski definition) is 5. The zero-order valence-corrected chi connectivity index (χ0v) is 13.5. The topological polar surface area (TPSA) is 46.6 Å². The molecule has 0 unspecified atom stereocenters. The second-order valence-electron chi connectivity index (χ2n) is 4.56. The fourth-order valence-electron chi connectivity index (χ4n) is 1.89. The normalized spacial score (nSPS) is 16.5. The van der Waals surface area contributed by atoms with Crippen LogP contribution in [0.2, 0.25) is 0 Å². The van der Waals surface area contributed by atoms with E-state index in [9.17, 15) is 14.0 Å². The summed E-state index contributed by atoms with van der Waals surface area (Å²) in [7, 11) is 1.33. The van der Waals surface area contributed by atoms with Crippen molar-refractivity contribution in [2.45, 2.75) is 12.8 Å². The van der Waals surface area contributed by atoms with Gasteiger partial charge in [0.1, 0.15) is 10.1 Å².